The van der Waals surface area contributed by atoms with Gasteiger partial charge in [0.25, 0.3) is 5.91 Å². The van der Waals surface area contributed by atoms with Gasteiger partial charge in [0.1, 0.15) is 0 Å². The third kappa shape index (κ3) is 3.34. The van der Waals surface area contributed by atoms with Crippen molar-refractivity contribution < 1.29 is 13.2 Å². The van der Waals surface area contributed by atoms with Gasteiger partial charge < -0.3 is 9.47 Å². The zero-order valence-corrected chi connectivity index (χ0v) is 14.5. The SMILES string of the molecule is Cc1ccc(-n2ccnc2)c(C(=O)N2CCN(S(C)(=O)=O)CC2)c1. The van der Waals surface area contributed by atoms with Crippen molar-refractivity contribution in [3.8, 4) is 5.69 Å². The van der Waals surface area contributed by atoms with Crippen LogP contribution in [0.3, 0.4) is 0 Å². The Morgan fingerprint density at radius 2 is 1.88 bits per heavy atom. The number of piperazine rings is 1. The van der Waals surface area contributed by atoms with Gasteiger partial charge in [0.05, 0.1) is 23.8 Å². The van der Waals surface area contributed by atoms with Gasteiger partial charge in [-0.15, -0.1) is 0 Å². The first kappa shape index (κ1) is 16.7. The van der Waals surface area contributed by atoms with Crippen LogP contribution in [0.1, 0.15) is 15.9 Å². The summed E-state index contributed by atoms with van der Waals surface area (Å²) in [5.74, 6) is -0.0875. The Hall–Kier alpha value is -2.19. The van der Waals surface area contributed by atoms with E-state index in [1.807, 2.05) is 25.1 Å². The Bertz CT molecular complexity index is 838. The van der Waals surface area contributed by atoms with Crippen molar-refractivity contribution in [1.29, 1.82) is 0 Å². The molecule has 24 heavy (non-hydrogen) atoms. The number of hydrogen-bond acceptors (Lipinski definition) is 4. The minimum absolute atomic E-state index is 0.0875. The lowest BCUT2D eigenvalue weighted by Gasteiger charge is -2.33. The zero-order chi connectivity index (χ0) is 17.3. The molecule has 1 aliphatic rings. The van der Waals surface area contributed by atoms with Crippen LogP contribution in [0.15, 0.2) is 36.9 Å². The van der Waals surface area contributed by atoms with Crippen LogP contribution in [-0.2, 0) is 10.0 Å². The first-order chi connectivity index (χ1) is 11.4. The summed E-state index contributed by atoms with van der Waals surface area (Å²) >= 11 is 0. The lowest BCUT2D eigenvalue weighted by Crippen LogP contribution is -2.50. The Morgan fingerprint density at radius 3 is 2.46 bits per heavy atom. The van der Waals surface area contributed by atoms with Crippen LogP contribution in [0, 0.1) is 6.92 Å². The number of carbonyl (C=O) groups excluding carboxylic acids is 1. The van der Waals surface area contributed by atoms with Gasteiger partial charge in [-0.05, 0) is 19.1 Å². The molecule has 1 aromatic heterocycles. The average molecular weight is 348 g/mol. The quantitative estimate of drug-likeness (QED) is 0.826. The maximum absolute atomic E-state index is 12.9. The minimum Gasteiger partial charge on any atom is -0.336 e. The maximum atomic E-state index is 12.9. The molecule has 3 rings (SSSR count). The summed E-state index contributed by atoms with van der Waals surface area (Å²) in [6.07, 6.45) is 6.31. The van der Waals surface area contributed by atoms with Crippen molar-refractivity contribution in [3.63, 3.8) is 0 Å². The number of amides is 1. The smallest absolute Gasteiger partial charge is 0.256 e. The number of nitrogens with zero attached hydrogens (tertiary/aromatic N) is 4. The molecule has 1 aromatic carbocycles. The maximum Gasteiger partial charge on any atom is 0.256 e. The highest BCUT2D eigenvalue weighted by Gasteiger charge is 2.27. The van der Waals surface area contributed by atoms with E-state index >= 15 is 0 Å². The molecule has 0 N–H and O–H groups in total. The highest BCUT2D eigenvalue weighted by Crippen LogP contribution is 2.20. The molecule has 1 amide bonds. The third-order valence-corrected chi connectivity index (χ3v) is 5.46. The summed E-state index contributed by atoms with van der Waals surface area (Å²) in [5, 5.41) is 0. The largest absolute Gasteiger partial charge is 0.336 e. The number of hydrogen-bond donors (Lipinski definition) is 0. The molecule has 7 nitrogen and oxygen atoms in total. The third-order valence-electron chi connectivity index (χ3n) is 4.16. The van der Waals surface area contributed by atoms with Gasteiger partial charge in [0.15, 0.2) is 0 Å². The molecule has 128 valence electrons. The Kier molecular flexibility index (Phi) is 4.42. The number of aryl methyl sites for hydroxylation is 1. The second-order valence-electron chi connectivity index (χ2n) is 5.94. The van der Waals surface area contributed by atoms with Crippen LogP contribution in [0.4, 0.5) is 0 Å². The zero-order valence-electron chi connectivity index (χ0n) is 13.7. The number of benzene rings is 1. The van der Waals surface area contributed by atoms with E-state index in [2.05, 4.69) is 4.98 Å². The monoisotopic (exact) mass is 348 g/mol. The fourth-order valence-corrected chi connectivity index (χ4v) is 3.67. The predicted molar refractivity (Wildman–Crippen MR) is 90.6 cm³/mol. The van der Waals surface area contributed by atoms with Crippen molar-refractivity contribution in [3.05, 3.63) is 48.0 Å². The molecule has 1 aliphatic heterocycles. The molecule has 1 saturated heterocycles. The molecule has 0 unspecified atom stereocenters. The summed E-state index contributed by atoms with van der Waals surface area (Å²) in [4.78, 5) is 18.7. The standard InChI is InChI=1S/C16H20N4O3S/c1-13-3-4-15(19-6-5-17-12-19)14(11-13)16(21)18-7-9-20(10-8-18)24(2,22)23/h3-6,11-12H,7-10H2,1-2H3. The van der Waals surface area contributed by atoms with Crippen molar-refractivity contribution >= 4 is 15.9 Å². The van der Waals surface area contributed by atoms with Crippen molar-refractivity contribution in [1.82, 2.24) is 18.8 Å². The van der Waals surface area contributed by atoms with E-state index < -0.39 is 10.0 Å². The van der Waals surface area contributed by atoms with E-state index in [4.69, 9.17) is 0 Å². The molecule has 1 fully saturated rings. The van der Waals surface area contributed by atoms with Gasteiger partial charge in [-0.1, -0.05) is 11.6 Å². The van der Waals surface area contributed by atoms with Crippen LogP contribution in [0.25, 0.3) is 5.69 Å². The molecular weight excluding hydrogens is 328 g/mol. The number of carbonyl (C=O) groups is 1. The van der Waals surface area contributed by atoms with E-state index in [-0.39, 0.29) is 5.91 Å². The Labute approximate surface area is 141 Å². The molecule has 0 aliphatic carbocycles. The van der Waals surface area contributed by atoms with Crippen LogP contribution >= 0.6 is 0 Å². The fraction of sp³-hybridized carbons (Fsp3) is 0.375. The molecule has 8 heteroatoms. The predicted octanol–water partition coefficient (Wildman–Crippen LogP) is 0.898. The van der Waals surface area contributed by atoms with Gasteiger partial charge in [0, 0.05) is 38.6 Å². The van der Waals surface area contributed by atoms with Gasteiger partial charge in [-0.3, -0.25) is 4.79 Å². The molecular formula is C16H20N4O3S. The van der Waals surface area contributed by atoms with E-state index in [0.29, 0.717) is 31.7 Å². The number of sulfonamides is 1. The molecule has 0 saturated carbocycles. The first-order valence-electron chi connectivity index (χ1n) is 7.69. The van der Waals surface area contributed by atoms with Crippen LogP contribution in [0.2, 0.25) is 0 Å². The number of aromatic nitrogens is 2. The van der Waals surface area contributed by atoms with Gasteiger partial charge in [0.2, 0.25) is 10.0 Å². The Morgan fingerprint density at radius 1 is 1.17 bits per heavy atom. The molecule has 0 radical (unpaired) electrons. The topological polar surface area (TPSA) is 75.5 Å². The molecule has 2 aromatic rings. The van der Waals surface area contributed by atoms with Crippen molar-refractivity contribution in [2.75, 3.05) is 32.4 Å². The summed E-state index contributed by atoms with van der Waals surface area (Å²) in [6.45, 7) is 3.39. The number of imidazole rings is 1. The molecule has 0 atom stereocenters. The highest BCUT2D eigenvalue weighted by molar-refractivity contribution is 7.88. The normalized spacial score (nSPS) is 16.3. The van der Waals surface area contributed by atoms with Crippen LogP contribution in [-0.4, -0.2) is 65.5 Å². The lowest BCUT2D eigenvalue weighted by atomic mass is 10.1. The second-order valence-corrected chi connectivity index (χ2v) is 7.93. The minimum atomic E-state index is -3.21. The van der Waals surface area contributed by atoms with Gasteiger partial charge in [-0.25, -0.2) is 13.4 Å². The summed E-state index contributed by atoms with van der Waals surface area (Å²) in [6, 6.07) is 5.71. The summed E-state index contributed by atoms with van der Waals surface area (Å²) < 4.78 is 26.4. The Balaban J connectivity index is 1.85. The molecule has 2 heterocycles. The van der Waals surface area contributed by atoms with E-state index in [9.17, 15) is 13.2 Å². The van der Waals surface area contributed by atoms with E-state index in [1.165, 1.54) is 10.6 Å². The van der Waals surface area contributed by atoms with Gasteiger partial charge >= 0.3 is 0 Å². The molecule has 0 bridgehead atoms. The first-order valence-corrected chi connectivity index (χ1v) is 9.54. The highest BCUT2D eigenvalue weighted by atomic mass is 32.2. The number of rotatable bonds is 3. The van der Waals surface area contributed by atoms with E-state index in [0.717, 1.165) is 11.3 Å². The van der Waals surface area contributed by atoms with Gasteiger partial charge in [-0.2, -0.15) is 4.31 Å². The second kappa shape index (κ2) is 6.37. The summed E-state index contributed by atoms with van der Waals surface area (Å²) in [7, 11) is -3.21. The fourth-order valence-electron chi connectivity index (χ4n) is 2.84. The summed E-state index contributed by atoms with van der Waals surface area (Å²) in [5.41, 5.74) is 2.37. The van der Waals surface area contributed by atoms with Crippen LogP contribution in [0.5, 0.6) is 0 Å². The lowest BCUT2D eigenvalue weighted by molar-refractivity contribution is 0.0698. The average Bonchev–Trinajstić information content (AvgIpc) is 3.07. The van der Waals surface area contributed by atoms with Crippen LogP contribution < -0.4 is 0 Å². The van der Waals surface area contributed by atoms with Crippen molar-refractivity contribution in [2.45, 2.75) is 6.92 Å². The molecule has 0 spiro atoms. The van der Waals surface area contributed by atoms with Crippen molar-refractivity contribution in [2.24, 2.45) is 0 Å². The van der Waals surface area contributed by atoms with E-state index in [1.54, 1.807) is 28.2 Å².